The molecule has 0 radical (unpaired) electrons. The van der Waals surface area contributed by atoms with E-state index in [0.29, 0.717) is 10.7 Å². The summed E-state index contributed by atoms with van der Waals surface area (Å²) in [6, 6.07) is 5.24. The fraction of sp³-hybridized carbons (Fsp3) is 0. The van der Waals surface area contributed by atoms with Crippen molar-refractivity contribution < 1.29 is 0 Å². The van der Waals surface area contributed by atoms with Crippen LogP contribution < -0.4 is 5.73 Å². The molecular weight excluding hydrogens is 188 g/mol. The Kier molecular flexibility index (Phi) is 1.90. The molecule has 5 heteroatoms. The van der Waals surface area contributed by atoms with Crippen LogP contribution in [0.4, 0.5) is 5.69 Å². The first kappa shape index (κ1) is 8.07. The molecule has 1 heterocycles. The molecule has 0 aliphatic heterocycles. The van der Waals surface area contributed by atoms with Crippen molar-refractivity contribution in [1.82, 2.24) is 15.0 Å². The van der Waals surface area contributed by atoms with Crippen LogP contribution in [0.15, 0.2) is 30.6 Å². The number of aromatic nitrogens is 3. The lowest BCUT2D eigenvalue weighted by Gasteiger charge is -2.03. The Morgan fingerprint density at radius 3 is 2.85 bits per heavy atom. The number of nitrogens with two attached hydrogens (primary N) is 1. The van der Waals surface area contributed by atoms with Crippen molar-refractivity contribution in [2.75, 3.05) is 5.73 Å². The molecule has 0 bridgehead atoms. The van der Waals surface area contributed by atoms with Gasteiger partial charge in [0.25, 0.3) is 0 Å². The number of anilines is 1. The van der Waals surface area contributed by atoms with Crippen LogP contribution in [0, 0.1) is 0 Å². The summed E-state index contributed by atoms with van der Waals surface area (Å²) >= 11 is 5.95. The molecule has 0 aliphatic rings. The fourth-order valence-corrected chi connectivity index (χ4v) is 1.32. The summed E-state index contributed by atoms with van der Waals surface area (Å²) in [6.07, 6.45) is 3.31. The topological polar surface area (TPSA) is 56.7 Å². The Morgan fingerprint density at radius 2 is 2.23 bits per heavy atom. The van der Waals surface area contributed by atoms with E-state index in [4.69, 9.17) is 17.3 Å². The van der Waals surface area contributed by atoms with Crippen molar-refractivity contribution in [2.24, 2.45) is 0 Å². The molecule has 1 aromatic carbocycles. The van der Waals surface area contributed by atoms with Crippen LogP contribution in [0.2, 0.25) is 5.02 Å². The molecule has 0 aliphatic carbocycles. The predicted octanol–water partition coefficient (Wildman–Crippen LogP) is 1.50. The summed E-state index contributed by atoms with van der Waals surface area (Å²) in [7, 11) is 0. The Labute approximate surface area is 79.9 Å². The molecular formula is C8H7ClN4. The highest BCUT2D eigenvalue weighted by Crippen LogP contribution is 2.21. The minimum Gasteiger partial charge on any atom is -0.399 e. The lowest BCUT2D eigenvalue weighted by atomic mass is 10.3. The van der Waals surface area contributed by atoms with Crippen LogP contribution in [-0.4, -0.2) is 15.0 Å². The summed E-state index contributed by atoms with van der Waals surface area (Å²) in [4.78, 5) is 0. The molecule has 0 saturated heterocycles. The molecule has 13 heavy (non-hydrogen) atoms. The van der Waals surface area contributed by atoms with Crippen molar-refractivity contribution in [2.45, 2.75) is 0 Å². The maximum atomic E-state index is 5.95. The fourth-order valence-electron chi connectivity index (χ4n) is 1.05. The average Bonchev–Trinajstić information content (AvgIpc) is 2.56. The van der Waals surface area contributed by atoms with Gasteiger partial charge in [0.15, 0.2) is 0 Å². The van der Waals surface area contributed by atoms with Gasteiger partial charge in [-0.25, -0.2) is 4.68 Å². The van der Waals surface area contributed by atoms with E-state index in [1.165, 1.54) is 0 Å². The summed E-state index contributed by atoms with van der Waals surface area (Å²) in [5.74, 6) is 0. The van der Waals surface area contributed by atoms with Crippen molar-refractivity contribution in [3.8, 4) is 5.69 Å². The molecule has 0 unspecified atom stereocenters. The maximum absolute atomic E-state index is 5.95. The van der Waals surface area contributed by atoms with Gasteiger partial charge in [-0.15, -0.1) is 5.10 Å². The van der Waals surface area contributed by atoms with Crippen molar-refractivity contribution in [3.63, 3.8) is 0 Å². The minimum absolute atomic E-state index is 0.561. The Bertz CT molecular complexity index is 410. The van der Waals surface area contributed by atoms with Crippen LogP contribution in [0.5, 0.6) is 0 Å². The molecule has 0 amide bonds. The van der Waals surface area contributed by atoms with E-state index in [0.717, 1.165) is 5.69 Å². The standard InChI is InChI=1S/C8H7ClN4/c9-7-5-6(10)1-2-8(7)13-4-3-11-12-13/h1-5H,10H2. The third-order valence-electron chi connectivity index (χ3n) is 1.64. The van der Waals surface area contributed by atoms with Gasteiger partial charge >= 0.3 is 0 Å². The number of nitrogens with zero attached hydrogens (tertiary/aromatic N) is 3. The molecule has 66 valence electrons. The Balaban J connectivity index is 2.53. The summed E-state index contributed by atoms with van der Waals surface area (Å²) in [5.41, 5.74) is 6.96. The highest BCUT2D eigenvalue weighted by Gasteiger charge is 2.02. The number of halogens is 1. The van der Waals surface area contributed by atoms with Crippen molar-refractivity contribution in [3.05, 3.63) is 35.6 Å². The molecule has 2 rings (SSSR count). The molecule has 0 saturated carbocycles. The summed E-state index contributed by atoms with van der Waals surface area (Å²) in [5, 5.41) is 8.06. The summed E-state index contributed by atoms with van der Waals surface area (Å²) in [6.45, 7) is 0. The largest absolute Gasteiger partial charge is 0.399 e. The zero-order valence-electron chi connectivity index (χ0n) is 6.68. The number of nitrogen functional groups attached to an aromatic ring is 1. The SMILES string of the molecule is Nc1ccc(-n2ccnn2)c(Cl)c1. The van der Waals surface area contributed by atoms with E-state index >= 15 is 0 Å². The zero-order valence-corrected chi connectivity index (χ0v) is 7.44. The van der Waals surface area contributed by atoms with Gasteiger partial charge in [0, 0.05) is 5.69 Å². The highest BCUT2D eigenvalue weighted by atomic mass is 35.5. The number of hydrogen-bond donors (Lipinski definition) is 1. The van der Waals surface area contributed by atoms with Gasteiger partial charge in [-0.2, -0.15) is 0 Å². The molecule has 0 atom stereocenters. The quantitative estimate of drug-likeness (QED) is 0.700. The van der Waals surface area contributed by atoms with Gasteiger partial charge in [-0.1, -0.05) is 16.8 Å². The first-order valence-corrected chi connectivity index (χ1v) is 4.07. The van der Waals surface area contributed by atoms with Crippen molar-refractivity contribution >= 4 is 17.3 Å². The number of hydrogen-bond acceptors (Lipinski definition) is 3. The molecule has 0 spiro atoms. The zero-order chi connectivity index (χ0) is 9.26. The lowest BCUT2D eigenvalue weighted by molar-refractivity contribution is 0.803. The van der Waals surface area contributed by atoms with E-state index in [1.807, 2.05) is 0 Å². The van der Waals surface area contributed by atoms with E-state index in [2.05, 4.69) is 10.3 Å². The second-order valence-corrected chi connectivity index (χ2v) is 2.97. The second-order valence-electron chi connectivity index (χ2n) is 2.56. The molecule has 2 aromatic rings. The van der Waals surface area contributed by atoms with Gasteiger partial charge < -0.3 is 5.73 Å². The Morgan fingerprint density at radius 1 is 1.38 bits per heavy atom. The molecule has 4 nitrogen and oxygen atoms in total. The first-order valence-electron chi connectivity index (χ1n) is 3.69. The van der Waals surface area contributed by atoms with Crippen LogP contribution in [-0.2, 0) is 0 Å². The van der Waals surface area contributed by atoms with E-state index in [9.17, 15) is 0 Å². The summed E-state index contributed by atoms with van der Waals surface area (Å²) < 4.78 is 1.59. The van der Waals surface area contributed by atoms with E-state index < -0.39 is 0 Å². The van der Waals surface area contributed by atoms with Gasteiger partial charge in [-0.3, -0.25) is 0 Å². The molecule has 1 aromatic heterocycles. The number of rotatable bonds is 1. The maximum Gasteiger partial charge on any atom is 0.0851 e. The van der Waals surface area contributed by atoms with Gasteiger partial charge in [0.05, 0.1) is 23.1 Å². The minimum atomic E-state index is 0.561. The predicted molar refractivity (Wildman–Crippen MR) is 50.8 cm³/mol. The molecule has 2 N–H and O–H groups in total. The average molecular weight is 195 g/mol. The van der Waals surface area contributed by atoms with Gasteiger partial charge in [-0.05, 0) is 18.2 Å². The van der Waals surface area contributed by atoms with Gasteiger partial charge in [0.2, 0.25) is 0 Å². The third kappa shape index (κ3) is 1.48. The molecule has 0 fully saturated rings. The monoisotopic (exact) mass is 194 g/mol. The second kappa shape index (κ2) is 3.06. The van der Waals surface area contributed by atoms with Gasteiger partial charge in [0.1, 0.15) is 0 Å². The highest BCUT2D eigenvalue weighted by molar-refractivity contribution is 6.32. The van der Waals surface area contributed by atoms with Crippen LogP contribution in [0.25, 0.3) is 5.69 Å². The van der Waals surface area contributed by atoms with E-state index in [-0.39, 0.29) is 0 Å². The van der Waals surface area contributed by atoms with Crippen LogP contribution in [0.3, 0.4) is 0 Å². The Hall–Kier alpha value is -1.55. The lowest BCUT2D eigenvalue weighted by Crippen LogP contribution is -1.96. The van der Waals surface area contributed by atoms with Crippen molar-refractivity contribution in [1.29, 1.82) is 0 Å². The van der Waals surface area contributed by atoms with Crippen LogP contribution in [0.1, 0.15) is 0 Å². The van der Waals surface area contributed by atoms with Crippen LogP contribution >= 0.6 is 11.6 Å². The first-order chi connectivity index (χ1) is 6.27. The normalized spacial score (nSPS) is 10.2. The smallest absolute Gasteiger partial charge is 0.0851 e. The number of benzene rings is 1. The third-order valence-corrected chi connectivity index (χ3v) is 1.94. The van der Waals surface area contributed by atoms with E-state index in [1.54, 1.807) is 35.3 Å².